The Morgan fingerprint density at radius 1 is 0.270 bits per heavy atom. The molecule has 9 aromatic carbocycles. The van der Waals surface area contributed by atoms with Gasteiger partial charge in [-0.3, -0.25) is 0 Å². The molecule has 276 valence electrons. The summed E-state index contributed by atoms with van der Waals surface area (Å²) in [6.07, 6.45) is 0. The first-order valence-electron chi connectivity index (χ1n) is 20.7. The van der Waals surface area contributed by atoms with Crippen molar-refractivity contribution in [1.29, 1.82) is 0 Å². The molecule has 2 aromatic heterocycles. The summed E-state index contributed by atoms with van der Waals surface area (Å²) in [6, 6.07) is 60.5. The molecule has 63 heavy (non-hydrogen) atoms. The number of para-hydroxylation sites is 1. The van der Waals surface area contributed by atoms with E-state index in [0.29, 0.717) is 43.8 Å². The van der Waals surface area contributed by atoms with Gasteiger partial charge in [-0.25, -0.2) is 0 Å². The first kappa shape index (κ1) is 38.9. The average Bonchev–Trinajstić information content (AvgIpc) is 3.87. The molecule has 2 heterocycles. The monoisotopic (exact) mass is 782 g/mol. The van der Waals surface area contributed by atoms with Crippen LogP contribution in [0.3, 0.4) is 0 Å². The van der Waals surface area contributed by atoms with Gasteiger partial charge in [0.15, 0.2) is 0 Å². The third kappa shape index (κ3) is 6.12. The zero-order valence-electron chi connectivity index (χ0n) is 34.2. The van der Waals surface area contributed by atoms with E-state index in [4.69, 9.17) is 54.9 Å². The van der Waals surface area contributed by atoms with Crippen molar-refractivity contribution in [3.05, 3.63) is 176 Å². The van der Waals surface area contributed by atoms with E-state index in [0.717, 1.165) is 72.1 Å². The molecule has 11 rings (SSSR count). The van der Waals surface area contributed by atoms with Gasteiger partial charge in [0, 0.05) is 38.6 Å². The van der Waals surface area contributed by atoms with Gasteiger partial charge in [-0.15, -0.1) is 10.9 Å². The predicted octanol–water partition coefficient (Wildman–Crippen LogP) is 6.11. The fourth-order valence-electron chi connectivity index (χ4n) is 9.44. The molecule has 14 radical (unpaired) electrons. The maximum atomic E-state index is 7.44. The van der Waals surface area contributed by atoms with Crippen LogP contribution in [0.2, 0.25) is 0 Å². The molecule has 0 fully saturated rings. The van der Waals surface area contributed by atoms with Gasteiger partial charge in [0.25, 0.3) is 0 Å². The summed E-state index contributed by atoms with van der Waals surface area (Å²) in [6.45, 7) is 0. The van der Waals surface area contributed by atoms with Crippen LogP contribution >= 0.6 is 0 Å². The summed E-state index contributed by atoms with van der Waals surface area (Å²) < 4.78 is 4.28. The van der Waals surface area contributed by atoms with Crippen molar-refractivity contribution in [2.75, 3.05) is 0 Å². The standard InChI is InChI=1S/C54H29B7N2/c55-46-43(34-22-24-41-40(28-34)39-23-21-33(30-13-5-1-6-14-30)29-42(39)62(41)37-19-11-4-12-20-37)47(56)51(60)53-44(46)45-48(57)49(58)50(59)52(61)54(45)63(53)38-26-35(31-15-7-2-8-16-31)25-36(27-38)32-17-9-3-10-18-32/h1-29H. The van der Waals surface area contributed by atoms with E-state index in [-0.39, 0.29) is 21.9 Å². The Bertz CT molecular complexity index is 3560. The highest BCUT2D eigenvalue weighted by Gasteiger charge is 2.25. The van der Waals surface area contributed by atoms with E-state index in [9.17, 15) is 0 Å². The average molecular weight is 782 g/mol. The molecule has 0 aliphatic carbocycles. The number of aromatic nitrogens is 2. The minimum atomic E-state index is 0.170. The van der Waals surface area contributed by atoms with E-state index >= 15 is 0 Å². The SMILES string of the molecule is [B]c1c([B])c([B])c2c(c1[B])c1c([B])c(-c3ccc4c(c3)c3ccc(-c5ccccc5)cc3n4-c3ccccc3)c([B])c([B])c1n2-c1cc(-c2ccccc2)cc(-c2ccccc2)c1. The summed E-state index contributed by atoms with van der Waals surface area (Å²) in [5.41, 5.74) is 14.5. The van der Waals surface area contributed by atoms with Gasteiger partial charge in [0.2, 0.25) is 0 Å². The van der Waals surface area contributed by atoms with Crippen molar-refractivity contribution in [3.63, 3.8) is 0 Å². The van der Waals surface area contributed by atoms with Gasteiger partial charge in [-0.05, 0) is 98.4 Å². The highest BCUT2D eigenvalue weighted by atomic mass is 15.0. The lowest BCUT2D eigenvalue weighted by molar-refractivity contribution is 1.18. The Morgan fingerprint density at radius 3 is 1.35 bits per heavy atom. The molecule has 0 bridgehead atoms. The Labute approximate surface area is 375 Å². The molecule has 0 aliphatic heterocycles. The summed E-state index contributed by atoms with van der Waals surface area (Å²) >= 11 is 0. The molecule has 0 atom stereocenters. The predicted molar refractivity (Wildman–Crippen MR) is 275 cm³/mol. The summed E-state index contributed by atoms with van der Waals surface area (Å²) in [4.78, 5) is 0. The van der Waals surface area contributed by atoms with Crippen molar-refractivity contribution < 1.29 is 0 Å². The molecule has 9 heteroatoms. The van der Waals surface area contributed by atoms with Crippen molar-refractivity contribution in [1.82, 2.24) is 9.13 Å². The zero-order chi connectivity index (χ0) is 43.1. The van der Waals surface area contributed by atoms with E-state index in [1.165, 1.54) is 0 Å². The molecule has 2 nitrogen and oxygen atoms in total. The second-order valence-corrected chi connectivity index (χ2v) is 16.1. The number of hydrogen-bond donors (Lipinski definition) is 0. The molecule has 0 aliphatic rings. The van der Waals surface area contributed by atoms with Crippen LogP contribution in [0.25, 0.3) is 99.5 Å². The molecule has 0 saturated carbocycles. The maximum absolute atomic E-state index is 7.44. The molecule has 0 N–H and O–H groups in total. The normalized spacial score (nSPS) is 11.6. The lowest BCUT2D eigenvalue weighted by Gasteiger charge is -2.20. The third-order valence-electron chi connectivity index (χ3n) is 12.5. The number of hydrogen-bond acceptors (Lipinski definition) is 0. The molecule has 0 spiro atoms. The molecule has 0 amide bonds. The van der Waals surface area contributed by atoms with Gasteiger partial charge in [0.05, 0.1) is 11.0 Å². The van der Waals surface area contributed by atoms with Crippen LogP contribution < -0.4 is 38.2 Å². The van der Waals surface area contributed by atoms with Gasteiger partial charge in [-0.2, -0.15) is 0 Å². The van der Waals surface area contributed by atoms with Crippen molar-refractivity contribution in [2.24, 2.45) is 0 Å². The van der Waals surface area contributed by atoms with Gasteiger partial charge in [0.1, 0.15) is 54.9 Å². The van der Waals surface area contributed by atoms with Crippen LogP contribution in [-0.2, 0) is 0 Å². The van der Waals surface area contributed by atoms with Crippen LogP contribution in [0.5, 0.6) is 0 Å². The minimum Gasteiger partial charge on any atom is -0.310 e. The fourth-order valence-corrected chi connectivity index (χ4v) is 9.44. The highest BCUT2D eigenvalue weighted by Crippen LogP contribution is 2.38. The van der Waals surface area contributed by atoms with Crippen LogP contribution in [0, 0.1) is 0 Å². The Kier molecular flexibility index (Phi) is 9.35. The molecule has 11 aromatic rings. The maximum Gasteiger partial charge on any atom is 0.115 e. The van der Waals surface area contributed by atoms with Gasteiger partial charge in [-0.1, -0.05) is 155 Å². The van der Waals surface area contributed by atoms with Crippen LogP contribution in [0.4, 0.5) is 0 Å². The lowest BCUT2D eigenvalue weighted by Crippen LogP contribution is -2.48. The van der Waals surface area contributed by atoms with Crippen molar-refractivity contribution in [3.8, 4) is 55.9 Å². The lowest BCUT2D eigenvalue weighted by atomic mass is 9.64. The van der Waals surface area contributed by atoms with Gasteiger partial charge >= 0.3 is 0 Å². The number of benzene rings is 9. The molecular weight excluding hydrogens is 752 g/mol. The van der Waals surface area contributed by atoms with E-state index in [1.807, 2.05) is 59.2 Å². The minimum absolute atomic E-state index is 0.170. The molecule has 0 saturated heterocycles. The van der Waals surface area contributed by atoms with Crippen LogP contribution in [0.1, 0.15) is 0 Å². The van der Waals surface area contributed by atoms with Crippen LogP contribution in [0.15, 0.2) is 176 Å². The third-order valence-corrected chi connectivity index (χ3v) is 12.5. The quantitative estimate of drug-likeness (QED) is 0.181. The number of fused-ring (bicyclic) bond motifs is 6. The van der Waals surface area contributed by atoms with E-state index in [2.05, 4.69) is 126 Å². The number of nitrogens with zero attached hydrogens (tertiary/aromatic N) is 2. The Morgan fingerprint density at radius 2 is 0.762 bits per heavy atom. The molecular formula is C54H29B7N2. The Balaban J connectivity index is 1.21. The topological polar surface area (TPSA) is 9.86 Å². The second kappa shape index (κ2) is 15.1. The van der Waals surface area contributed by atoms with Crippen LogP contribution in [-0.4, -0.2) is 64.1 Å². The van der Waals surface area contributed by atoms with Crippen molar-refractivity contribution >= 4 is 137 Å². The summed E-state index contributed by atoms with van der Waals surface area (Å²) in [5, 5.41) is 3.22. The highest BCUT2D eigenvalue weighted by molar-refractivity contribution is 6.69. The van der Waals surface area contributed by atoms with E-state index < -0.39 is 0 Å². The van der Waals surface area contributed by atoms with E-state index in [1.54, 1.807) is 0 Å². The first-order valence-corrected chi connectivity index (χ1v) is 20.7. The smallest absolute Gasteiger partial charge is 0.115 e. The second-order valence-electron chi connectivity index (χ2n) is 16.1. The zero-order valence-corrected chi connectivity index (χ0v) is 34.2. The first-order chi connectivity index (χ1) is 30.7. The Hall–Kier alpha value is -6.97. The van der Waals surface area contributed by atoms with Crippen molar-refractivity contribution in [2.45, 2.75) is 0 Å². The largest absolute Gasteiger partial charge is 0.310 e. The molecule has 0 unspecified atom stereocenters. The summed E-state index contributed by atoms with van der Waals surface area (Å²) in [7, 11) is 49.2. The number of rotatable bonds is 6. The summed E-state index contributed by atoms with van der Waals surface area (Å²) in [5.74, 6) is 0. The fraction of sp³-hybridized carbons (Fsp3) is 0. The van der Waals surface area contributed by atoms with Gasteiger partial charge < -0.3 is 9.13 Å².